The smallest absolute Gasteiger partial charge is 0.260 e. The second-order valence-electron chi connectivity index (χ2n) is 4.31. The number of hydrogen-bond acceptors (Lipinski definition) is 5. The Morgan fingerprint density at radius 2 is 2.44 bits per heavy atom. The van der Waals surface area contributed by atoms with Crippen LogP contribution in [0.1, 0.15) is 12.6 Å². The highest BCUT2D eigenvalue weighted by atomic mass is 16.5. The summed E-state index contributed by atoms with van der Waals surface area (Å²) in [4.78, 5) is 18.2. The summed E-state index contributed by atoms with van der Waals surface area (Å²) in [5, 5.41) is 19.2. The van der Waals surface area contributed by atoms with Gasteiger partial charge in [-0.15, -0.1) is 0 Å². The predicted molar refractivity (Wildman–Crippen MR) is 62.0 cm³/mol. The van der Waals surface area contributed by atoms with E-state index >= 15 is 0 Å². The fourth-order valence-corrected chi connectivity index (χ4v) is 2.26. The molecule has 0 aromatic carbocycles. The van der Waals surface area contributed by atoms with Crippen LogP contribution in [0.4, 0.5) is 0 Å². The van der Waals surface area contributed by atoms with E-state index in [0.717, 1.165) is 0 Å². The van der Waals surface area contributed by atoms with E-state index in [1.165, 1.54) is 6.33 Å². The normalized spacial score (nSPS) is 28.0. The minimum absolute atomic E-state index is 0.212. The van der Waals surface area contributed by atoms with Crippen molar-refractivity contribution in [3.63, 3.8) is 0 Å². The molecule has 0 unspecified atom stereocenters. The molecule has 1 saturated heterocycles. The molecule has 0 radical (unpaired) electrons. The molecule has 3 atom stereocenters. The molecule has 2 aromatic heterocycles. The van der Waals surface area contributed by atoms with Crippen molar-refractivity contribution in [2.45, 2.75) is 24.9 Å². The molecule has 0 aliphatic carbocycles. The minimum Gasteiger partial charge on any atom is -0.394 e. The Morgan fingerprint density at radius 3 is 3.17 bits per heavy atom. The number of rotatable bonds is 2. The van der Waals surface area contributed by atoms with E-state index in [2.05, 4.69) is 9.97 Å². The third-order valence-electron chi connectivity index (χ3n) is 3.21. The summed E-state index contributed by atoms with van der Waals surface area (Å²) in [7, 11) is 0. The number of ether oxygens (including phenoxy) is 1. The molecule has 1 aliphatic heterocycles. The summed E-state index contributed by atoms with van der Waals surface area (Å²) in [6.07, 6.45) is 1.68. The van der Waals surface area contributed by atoms with Crippen molar-refractivity contribution in [1.29, 1.82) is 0 Å². The monoisotopic (exact) mass is 251 g/mol. The predicted octanol–water partition coefficient (Wildman–Crippen LogP) is -0.635. The second kappa shape index (κ2) is 4.20. The number of aromatic nitrogens is 3. The first-order valence-corrected chi connectivity index (χ1v) is 5.69. The van der Waals surface area contributed by atoms with Crippen LogP contribution in [0.15, 0.2) is 23.4 Å². The summed E-state index contributed by atoms with van der Waals surface area (Å²) < 4.78 is 7.22. The van der Waals surface area contributed by atoms with Crippen molar-refractivity contribution >= 4 is 11.0 Å². The zero-order valence-electron chi connectivity index (χ0n) is 9.48. The highest BCUT2D eigenvalue weighted by Crippen LogP contribution is 2.30. The maximum Gasteiger partial charge on any atom is 0.260 e. The van der Waals surface area contributed by atoms with Crippen LogP contribution in [0.5, 0.6) is 0 Å². The van der Waals surface area contributed by atoms with Crippen LogP contribution < -0.4 is 5.56 Å². The summed E-state index contributed by atoms with van der Waals surface area (Å²) >= 11 is 0. The fraction of sp³-hybridized carbons (Fsp3) is 0.455. The van der Waals surface area contributed by atoms with Crippen molar-refractivity contribution in [2.24, 2.45) is 0 Å². The largest absolute Gasteiger partial charge is 0.394 e. The van der Waals surface area contributed by atoms with Crippen LogP contribution in [-0.4, -0.2) is 43.6 Å². The van der Waals surface area contributed by atoms with Crippen molar-refractivity contribution in [1.82, 2.24) is 14.5 Å². The molecule has 1 aliphatic rings. The van der Waals surface area contributed by atoms with E-state index in [0.29, 0.717) is 17.5 Å². The molecule has 0 spiro atoms. The summed E-state index contributed by atoms with van der Waals surface area (Å²) in [5.74, 6) is 0. The second-order valence-corrected chi connectivity index (χ2v) is 4.31. The first kappa shape index (κ1) is 11.4. The third kappa shape index (κ3) is 1.64. The lowest BCUT2D eigenvalue weighted by Crippen LogP contribution is -2.24. The zero-order valence-corrected chi connectivity index (χ0v) is 9.48. The van der Waals surface area contributed by atoms with Gasteiger partial charge in [0.25, 0.3) is 5.56 Å². The molecule has 0 bridgehead atoms. The zero-order chi connectivity index (χ0) is 12.7. The Kier molecular flexibility index (Phi) is 2.66. The van der Waals surface area contributed by atoms with Crippen LogP contribution in [-0.2, 0) is 4.74 Å². The molecular weight excluding hydrogens is 238 g/mol. The number of aromatic amines is 1. The van der Waals surface area contributed by atoms with Gasteiger partial charge in [-0.1, -0.05) is 0 Å². The number of hydrogen-bond donors (Lipinski definition) is 3. The Labute approximate surface area is 102 Å². The van der Waals surface area contributed by atoms with Crippen LogP contribution in [0.25, 0.3) is 11.0 Å². The van der Waals surface area contributed by atoms with E-state index in [1.54, 1.807) is 16.8 Å². The van der Waals surface area contributed by atoms with Crippen LogP contribution in [0, 0.1) is 0 Å². The molecule has 7 nitrogen and oxygen atoms in total. The van der Waals surface area contributed by atoms with Gasteiger partial charge in [0.05, 0.1) is 24.4 Å². The average Bonchev–Trinajstić information content (AvgIpc) is 2.93. The Bertz CT molecular complexity index is 620. The lowest BCUT2D eigenvalue weighted by molar-refractivity contribution is -0.0430. The lowest BCUT2D eigenvalue weighted by atomic mass is 10.2. The SMILES string of the molecule is O=c1[nH]cnc2c1ccn2[C@@H]1C[C@H](O)[C@@H](CO)O1. The minimum atomic E-state index is -0.709. The quantitative estimate of drug-likeness (QED) is 0.659. The number of nitrogens with one attached hydrogen (secondary N) is 1. The highest BCUT2D eigenvalue weighted by molar-refractivity contribution is 5.74. The molecule has 3 rings (SSSR count). The van der Waals surface area contributed by atoms with Gasteiger partial charge in [0.2, 0.25) is 0 Å². The van der Waals surface area contributed by atoms with Gasteiger partial charge in [0.1, 0.15) is 18.0 Å². The summed E-state index contributed by atoms with van der Waals surface area (Å²) in [6, 6.07) is 1.66. The van der Waals surface area contributed by atoms with Crippen molar-refractivity contribution in [3.8, 4) is 0 Å². The first-order valence-electron chi connectivity index (χ1n) is 5.69. The van der Waals surface area contributed by atoms with Crippen molar-refractivity contribution < 1.29 is 14.9 Å². The van der Waals surface area contributed by atoms with Crippen LogP contribution >= 0.6 is 0 Å². The summed E-state index contributed by atoms with van der Waals surface area (Å²) in [6.45, 7) is -0.231. The van der Waals surface area contributed by atoms with E-state index in [1.807, 2.05) is 0 Å². The third-order valence-corrected chi connectivity index (χ3v) is 3.21. The van der Waals surface area contributed by atoms with Gasteiger partial charge in [-0.3, -0.25) is 4.79 Å². The molecule has 96 valence electrons. The lowest BCUT2D eigenvalue weighted by Gasteiger charge is -2.14. The average molecular weight is 251 g/mol. The maximum atomic E-state index is 11.6. The molecule has 2 aromatic rings. The van der Waals surface area contributed by atoms with Gasteiger partial charge in [0.15, 0.2) is 0 Å². The van der Waals surface area contributed by atoms with E-state index in [9.17, 15) is 9.90 Å². The standard InChI is InChI=1S/C11H13N3O4/c15-4-8-7(16)3-9(18-8)14-2-1-6-10(14)12-5-13-11(6)17/h1-2,5,7-9,15-16H,3-4H2,(H,12,13,17)/t7-,8+,9-/m0/s1. The number of aliphatic hydroxyl groups is 2. The van der Waals surface area contributed by atoms with Crippen LogP contribution in [0.3, 0.4) is 0 Å². The molecular formula is C11H13N3O4. The molecule has 3 N–H and O–H groups in total. The molecule has 0 saturated carbocycles. The molecule has 3 heterocycles. The Morgan fingerprint density at radius 1 is 1.61 bits per heavy atom. The number of aliphatic hydroxyl groups excluding tert-OH is 2. The van der Waals surface area contributed by atoms with Gasteiger partial charge >= 0.3 is 0 Å². The van der Waals surface area contributed by atoms with Crippen molar-refractivity contribution in [3.05, 3.63) is 28.9 Å². The topological polar surface area (TPSA) is 100 Å². The van der Waals surface area contributed by atoms with Gasteiger partial charge < -0.3 is 24.5 Å². The highest BCUT2D eigenvalue weighted by Gasteiger charge is 2.34. The first-order chi connectivity index (χ1) is 8.70. The van der Waals surface area contributed by atoms with E-state index in [4.69, 9.17) is 9.84 Å². The Hall–Kier alpha value is -1.70. The van der Waals surface area contributed by atoms with E-state index < -0.39 is 18.4 Å². The molecule has 1 fully saturated rings. The van der Waals surface area contributed by atoms with Gasteiger partial charge in [0, 0.05) is 12.6 Å². The van der Waals surface area contributed by atoms with E-state index in [-0.39, 0.29) is 12.2 Å². The molecule has 7 heteroatoms. The van der Waals surface area contributed by atoms with Gasteiger partial charge in [-0.25, -0.2) is 4.98 Å². The Balaban J connectivity index is 2.01. The number of fused-ring (bicyclic) bond motifs is 1. The number of H-pyrrole nitrogens is 1. The summed E-state index contributed by atoms with van der Waals surface area (Å²) in [5.41, 5.74) is 0.297. The number of nitrogens with zero attached hydrogens (tertiary/aromatic N) is 2. The van der Waals surface area contributed by atoms with Gasteiger partial charge in [-0.2, -0.15) is 0 Å². The molecule has 18 heavy (non-hydrogen) atoms. The van der Waals surface area contributed by atoms with Crippen LogP contribution in [0.2, 0.25) is 0 Å². The van der Waals surface area contributed by atoms with Crippen molar-refractivity contribution in [2.75, 3.05) is 6.61 Å². The molecule has 0 amide bonds. The fourth-order valence-electron chi connectivity index (χ4n) is 2.26. The van der Waals surface area contributed by atoms with Gasteiger partial charge in [-0.05, 0) is 6.07 Å². The maximum absolute atomic E-state index is 11.6.